The van der Waals surface area contributed by atoms with Crippen LogP contribution in [0.15, 0.2) is 207 Å². The van der Waals surface area contributed by atoms with Crippen LogP contribution in [-0.2, 0) is 14.1 Å². The molecule has 0 aliphatic heterocycles. The van der Waals surface area contributed by atoms with Crippen LogP contribution in [0.3, 0.4) is 0 Å². The minimum absolute atomic E-state index is 0. The summed E-state index contributed by atoms with van der Waals surface area (Å²) in [5.41, 5.74) is 17.3. The van der Waals surface area contributed by atoms with Gasteiger partial charge < -0.3 is 62.4 Å². The normalized spacial score (nSPS) is 10.4. The average Bonchev–Trinajstić information content (AvgIpc) is 3.38. The monoisotopic (exact) mass is 1020 g/mol. The number of hydrogen-bond donors (Lipinski definition) is 7. The number of nitro groups is 1. The smallest absolute Gasteiger partial charge is 0.271 e. The molecular formula is C56H48Cl2N12O4. The van der Waals surface area contributed by atoms with Crippen molar-refractivity contribution in [1.29, 1.82) is 0 Å². The third-order valence-electron chi connectivity index (χ3n) is 11.3. The number of amides is 2. The van der Waals surface area contributed by atoms with Gasteiger partial charge >= 0.3 is 0 Å². The van der Waals surface area contributed by atoms with Crippen LogP contribution in [0.1, 0.15) is 20.7 Å². The number of aryl methyl sites for hydroxylation is 2. The zero-order valence-electron chi connectivity index (χ0n) is 39.8. The van der Waals surface area contributed by atoms with E-state index in [0.717, 1.165) is 61.8 Å². The van der Waals surface area contributed by atoms with Crippen LogP contribution in [0.25, 0.3) is 21.8 Å². The van der Waals surface area contributed by atoms with Crippen LogP contribution in [0, 0.1) is 10.1 Å². The second kappa shape index (κ2) is 24.0. The highest BCUT2D eigenvalue weighted by atomic mass is 35.5. The zero-order valence-corrected chi connectivity index (χ0v) is 41.3. The number of fused-ring (bicyclic) bond motifs is 2. The first-order chi connectivity index (χ1) is 35.0. The van der Waals surface area contributed by atoms with Crippen LogP contribution in [-0.4, -0.2) is 26.7 Å². The zero-order chi connectivity index (χ0) is 50.0. The van der Waals surface area contributed by atoms with Crippen molar-refractivity contribution in [2.45, 2.75) is 0 Å². The highest BCUT2D eigenvalue weighted by Crippen LogP contribution is 2.30. The summed E-state index contributed by atoms with van der Waals surface area (Å²) in [5.74, 6) is -0.401. The fraction of sp³-hybridized carbons (Fsp3) is 0.0357. The van der Waals surface area contributed by atoms with Crippen molar-refractivity contribution >= 4 is 102 Å². The number of rotatable bonds is 13. The van der Waals surface area contributed by atoms with Crippen LogP contribution in [0.4, 0.5) is 68.2 Å². The highest BCUT2D eigenvalue weighted by molar-refractivity contribution is 6.06. The molecule has 0 aliphatic rings. The second-order valence-corrected chi connectivity index (χ2v) is 16.7. The highest BCUT2D eigenvalue weighted by Gasteiger charge is 2.13. The van der Waals surface area contributed by atoms with Crippen LogP contribution < -0.4 is 71.6 Å². The Labute approximate surface area is 438 Å². The molecule has 0 saturated heterocycles. The van der Waals surface area contributed by atoms with Crippen LogP contribution >= 0.6 is 0 Å². The molecule has 0 spiro atoms. The molecule has 0 fully saturated rings. The van der Waals surface area contributed by atoms with Gasteiger partial charge in [-0.3, -0.25) is 29.7 Å². The van der Waals surface area contributed by atoms with E-state index in [1.165, 1.54) is 12.1 Å². The predicted octanol–water partition coefficient (Wildman–Crippen LogP) is 5.10. The quantitative estimate of drug-likeness (QED) is 0.0350. The number of nitrogens with one attached hydrogen (secondary N) is 6. The molecule has 0 aliphatic carbocycles. The Kier molecular flexibility index (Phi) is 16.9. The van der Waals surface area contributed by atoms with E-state index in [2.05, 4.69) is 41.9 Å². The number of hydrogen-bond acceptors (Lipinski definition) is 11. The van der Waals surface area contributed by atoms with E-state index in [9.17, 15) is 19.7 Å². The Morgan fingerprint density at radius 1 is 0.473 bits per heavy atom. The number of aromatic nitrogens is 4. The number of nitrogens with two attached hydrogens (primary N) is 1. The Morgan fingerprint density at radius 2 is 0.878 bits per heavy atom. The van der Waals surface area contributed by atoms with E-state index in [-0.39, 0.29) is 42.3 Å². The van der Waals surface area contributed by atoms with Gasteiger partial charge in [-0.1, -0.05) is 12.1 Å². The fourth-order valence-electron chi connectivity index (χ4n) is 7.61. The lowest BCUT2D eigenvalue weighted by Crippen LogP contribution is -3.00. The van der Waals surface area contributed by atoms with Crippen molar-refractivity contribution in [2.75, 3.05) is 37.6 Å². The molecule has 0 atom stereocenters. The molecule has 16 nitrogen and oxygen atoms in total. The average molecular weight is 1020 g/mol. The van der Waals surface area contributed by atoms with E-state index >= 15 is 0 Å². The van der Waals surface area contributed by atoms with E-state index in [1.54, 1.807) is 60.9 Å². The minimum atomic E-state index is -0.443. The lowest BCUT2D eigenvalue weighted by molar-refractivity contribution is -0.671. The van der Waals surface area contributed by atoms with Gasteiger partial charge in [-0.15, -0.1) is 0 Å². The molecule has 4 heterocycles. The number of carbonyl (C=O) groups excluding carboxylic acids is 2. The largest absolute Gasteiger partial charge is 1.00 e. The van der Waals surface area contributed by atoms with E-state index < -0.39 is 4.92 Å². The molecule has 74 heavy (non-hydrogen) atoms. The van der Waals surface area contributed by atoms with Gasteiger partial charge in [-0.2, -0.15) is 0 Å². The Balaban J connectivity index is 0.000000211. The molecule has 8 N–H and O–H groups in total. The van der Waals surface area contributed by atoms with Gasteiger partial charge in [-0.25, -0.2) is 9.13 Å². The van der Waals surface area contributed by atoms with Crippen molar-refractivity contribution in [2.24, 2.45) is 14.1 Å². The lowest BCUT2D eigenvalue weighted by Gasteiger charge is -2.11. The number of nitrogen functional groups attached to an aromatic ring is 1. The van der Waals surface area contributed by atoms with Crippen molar-refractivity contribution in [3.05, 3.63) is 228 Å². The Hall–Kier alpha value is -9.64. The SMILES string of the molecule is C[n+]1ccc(Nc2cccc(NC(=O)c3ccc(Nc4ccnc5cc(N)ccc45)cc3)c2)cc1.C[n+]1ccc(Nc2cccc(NC(=O)c3ccc(Nc4ccnc5cc([N+](=O)[O-])ccc45)cc3)c2)cc1.[Cl-].[Cl-]. The third-order valence-corrected chi connectivity index (χ3v) is 11.3. The number of pyridine rings is 4. The predicted molar refractivity (Wildman–Crippen MR) is 285 cm³/mol. The molecule has 4 aromatic heterocycles. The molecule has 10 rings (SSSR count). The first kappa shape index (κ1) is 52.2. The molecule has 0 unspecified atom stereocenters. The first-order valence-electron chi connectivity index (χ1n) is 22.7. The molecule has 0 radical (unpaired) electrons. The lowest BCUT2D eigenvalue weighted by atomic mass is 10.1. The van der Waals surface area contributed by atoms with Crippen molar-refractivity contribution < 1.29 is 48.5 Å². The van der Waals surface area contributed by atoms with Gasteiger partial charge in [0.1, 0.15) is 14.1 Å². The number of non-ortho nitro benzene ring substituents is 1. The Morgan fingerprint density at radius 3 is 1.32 bits per heavy atom. The number of carbonyl (C=O) groups is 2. The summed E-state index contributed by atoms with van der Waals surface area (Å²) in [6, 6.07) is 51.4. The number of nitro benzene ring substituents is 1. The van der Waals surface area contributed by atoms with Crippen molar-refractivity contribution in [3.63, 3.8) is 0 Å². The van der Waals surface area contributed by atoms with Gasteiger partial charge in [0.15, 0.2) is 24.8 Å². The van der Waals surface area contributed by atoms with Crippen LogP contribution in [0.2, 0.25) is 0 Å². The summed E-state index contributed by atoms with van der Waals surface area (Å²) in [5, 5.41) is 32.0. The van der Waals surface area contributed by atoms with E-state index in [1.807, 2.05) is 157 Å². The summed E-state index contributed by atoms with van der Waals surface area (Å²) in [7, 11) is 3.93. The summed E-state index contributed by atoms with van der Waals surface area (Å²) in [4.78, 5) is 44.9. The maximum absolute atomic E-state index is 12.8. The molecule has 18 heteroatoms. The van der Waals surface area contributed by atoms with Crippen molar-refractivity contribution in [3.8, 4) is 0 Å². The van der Waals surface area contributed by atoms with Gasteiger partial charge in [0.05, 0.1) is 27.3 Å². The van der Waals surface area contributed by atoms with E-state index in [0.29, 0.717) is 33.7 Å². The molecular weight excluding hydrogens is 976 g/mol. The third kappa shape index (κ3) is 13.4. The van der Waals surface area contributed by atoms with Gasteiger partial charge in [0.2, 0.25) is 0 Å². The maximum Gasteiger partial charge on any atom is 0.271 e. The topological polar surface area (TPSA) is 209 Å². The van der Waals surface area contributed by atoms with Gasteiger partial charge in [-0.05, 0) is 121 Å². The standard InChI is InChI=1S/C28H22N6O3.C28H24N6O.2ClH/c1-33-15-12-21(13-16-33)30-22-3-2-4-23(17-22)32-28(35)19-5-7-20(8-6-19)31-26-11-14-29-27-18-24(34(36)37)9-10-25(26)27;1-34-15-12-22(13-16-34)31-23-3-2-4-24(18-23)33-28(35)19-5-8-21(9-6-19)32-26-11-14-30-27-17-20(29)7-10-25(26)27;;/h2-18H,1H3,(H2,29,31,32,35);2-18H,1H3,(H4,29,30,32,33,35);2*1H. The summed E-state index contributed by atoms with van der Waals surface area (Å²) < 4.78 is 3.92. The number of benzene rings is 6. The van der Waals surface area contributed by atoms with E-state index in [4.69, 9.17) is 5.73 Å². The maximum atomic E-state index is 12.8. The molecule has 370 valence electrons. The fourth-order valence-corrected chi connectivity index (χ4v) is 7.61. The van der Waals surface area contributed by atoms with Crippen LogP contribution in [0.5, 0.6) is 0 Å². The first-order valence-corrected chi connectivity index (χ1v) is 22.7. The molecule has 0 bridgehead atoms. The molecule has 10 aromatic rings. The number of nitrogens with zero attached hydrogens (tertiary/aromatic N) is 5. The minimum Gasteiger partial charge on any atom is -1.00 e. The molecule has 2 amide bonds. The van der Waals surface area contributed by atoms with Gasteiger partial charge in [0, 0.05) is 122 Å². The summed E-state index contributed by atoms with van der Waals surface area (Å²) in [6.07, 6.45) is 11.2. The Bertz CT molecular complexity index is 3590. The second-order valence-electron chi connectivity index (χ2n) is 16.7. The van der Waals surface area contributed by atoms with Gasteiger partial charge in [0.25, 0.3) is 17.5 Å². The van der Waals surface area contributed by atoms with Crippen molar-refractivity contribution in [1.82, 2.24) is 9.97 Å². The number of anilines is 11. The number of halogens is 2. The summed E-state index contributed by atoms with van der Waals surface area (Å²) >= 11 is 0. The summed E-state index contributed by atoms with van der Waals surface area (Å²) in [6.45, 7) is 0. The molecule has 6 aromatic carbocycles. The molecule has 0 saturated carbocycles.